The molecule has 0 bridgehead atoms. The Morgan fingerprint density at radius 1 is 0.650 bits per heavy atom. The van der Waals surface area contributed by atoms with E-state index < -0.39 is 11.9 Å². The minimum Gasteiger partial charge on any atom is -0.478 e. The van der Waals surface area contributed by atoms with Crippen molar-refractivity contribution >= 4 is 36.8 Å². The van der Waals surface area contributed by atoms with Crippen LogP contribution < -0.4 is 0 Å². The van der Waals surface area contributed by atoms with E-state index in [4.69, 9.17) is 10.2 Å². The fourth-order valence-corrected chi connectivity index (χ4v) is 1.17. The van der Waals surface area contributed by atoms with Crippen molar-refractivity contribution in [2.24, 2.45) is 0 Å². The zero-order valence-electron chi connectivity index (χ0n) is 10.3. The van der Waals surface area contributed by atoms with Crippen molar-refractivity contribution in [1.82, 2.24) is 0 Å². The highest BCUT2D eigenvalue weighted by Gasteiger charge is 2.06. The molecule has 20 heavy (non-hydrogen) atoms. The Bertz CT molecular complexity index is 474. The van der Waals surface area contributed by atoms with Crippen LogP contribution in [0.15, 0.2) is 60.7 Å². The number of benzene rings is 2. The first-order valence-corrected chi connectivity index (χ1v) is 5.18. The molecule has 108 valence electrons. The summed E-state index contributed by atoms with van der Waals surface area (Å²) in [5.41, 5.74) is -0.0372. The van der Waals surface area contributed by atoms with Gasteiger partial charge in [0.2, 0.25) is 0 Å². The Morgan fingerprint density at radius 3 is 1.20 bits per heavy atom. The number of hydrogen-bond donors (Lipinski definition) is 2. The zero-order chi connectivity index (χ0) is 13.4. The van der Waals surface area contributed by atoms with E-state index in [9.17, 15) is 9.59 Å². The minimum absolute atomic E-state index is 0. The smallest absolute Gasteiger partial charge is 0.335 e. The number of rotatable bonds is 2. The van der Waals surface area contributed by atoms with Gasteiger partial charge in [0.1, 0.15) is 0 Å². The highest BCUT2D eigenvalue weighted by atomic mass is 35.5. The second kappa shape index (κ2) is 10.8. The first-order chi connectivity index (χ1) is 8.61. The zero-order valence-corrected chi connectivity index (χ0v) is 11.9. The second-order valence-corrected chi connectivity index (χ2v) is 3.35. The van der Waals surface area contributed by atoms with Crippen LogP contribution in [-0.2, 0) is 0 Å². The van der Waals surface area contributed by atoms with Gasteiger partial charge in [0.15, 0.2) is 0 Å². The molecule has 6 heteroatoms. The summed E-state index contributed by atoms with van der Waals surface area (Å²) in [5, 5.41) is 17.0. The van der Waals surface area contributed by atoms with Gasteiger partial charge in [-0.2, -0.15) is 0 Å². The Kier molecular flexibility index (Phi) is 11.0. The van der Waals surface area contributed by atoms with Crippen molar-refractivity contribution in [1.29, 1.82) is 0 Å². The Hall–Kier alpha value is -2.04. The molecule has 2 N–H and O–H groups in total. The molecule has 0 spiro atoms. The van der Waals surface area contributed by atoms with E-state index in [2.05, 4.69) is 0 Å². The summed E-state index contributed by atoms with van der Waals surface area (Å²) in [6.45, 7) is 0. The predicted octanol–water partition coefficient (Wildman–Crippen LogP) is 3.61. The molecule has 0 aliphatic carbocycles. The van der Waals surface area contributed by atoms with Crippen molar-refractivity contribution in [2.75, 3.05) is 0 Å². The van der Waals surface area contributed by atoms with E-state index in [0.717, 1.165) is 6.07 Å². The molecule has 0 unspecified atom stereocenters. The monoisotopic (exact) mass is 316 g/mol. The molecule has 0 aliphatic rings. The van der Waals surface area contributed by atoms with Crippen LogP contribution in [0.2, 0.25) is 0 Å². The third kappa shape index (κ3) is 7.41. The first kappa shape index (κ1) is 20.3. The lowest BCUT2D eigenvalue weighted by Gasteiger charge is -1.95. The number of hydrogen-bond acceptors (Lipinski definition) is 2. The molecule has 0 aromatic heterocycles. The van der Waals surface area contributed by atoms with Gasteiger partial charge in [-0.25, -0.2) is 9.59 Å². The molecular weight excluding hydrogens is 303 g/mol. The second-order valence-electron chi connectivity index (χ2n) is 3.35. The summed E-state index contributed by atoms with van der Waals surface area (Å²) in [6.07, 6.45) is 0. The molecular formula is C14H14Cl2O4. The number of carbonyl (C=O) groups is 2. The van der Waals surface area contributed by atoms with Crippen LogP contribution in [0.25, 0.3) is 0 Å². The topological polar surface area (TPSA) is 74.6 Å². The maximum atomic E-state index is 10.4. The van der Waals surface area contributed by atoms with Crippen LogP contribution in [0, 0.1) is 0 Å². The Balaban J connectivity index is 0. The molecule has 0 saturated heterocycles. The van der Waals surface area contributed by atoms with Crippen molar-refractivity contribution in [2.45, 2.75) is 0 Å². The van der Waals surface area contributed by atoms with Crippen LogP contribution in [0.1, 0.15) is 20.7 Å². The highest BCUT2D eigenvalue weighted by Crippen LogP contribution is 2.04. The van der Waals surface area contributed by atoms with Crippen molar-refractivity contribution in [3.8, 4) is 0 Å². The lowest BCUT2D eigenvalue weighted by atomic mass is 10.1. The van der Waals surface area contributed by atoms with Crippen LogP contribution >= 0.6 is 24.8 Å². The SMILES string of the molecule is Cl.Cl.O=C(O)c1cccc(C(=O)O)c1.c1ccccc1. The van der Waals surface area contributed by atoms with Crippen LogP contribution in [-0.4, -0.2) is 22.2 Å². The number of halogens is 2. The average Bonchev–Trinajstić information content (AvgIpc) is 2.41. The van der Waals surface area contributed by atoms with E-state index in [1.807, 2.05) is 36.4 Å². The summed E-state index contributed by atoms with van der Waals surface area (Å²) in [7, 11) is 0. The van der Waals surface area contributed by atoms with Gasteiger partial charge in [-0.15, -0.1) is 24.8 Å². The van der Waals surface area contributed by atoms with Crippen LogP contribution in [0.5, 0.6) is 0 Å². The molecule has 0 atom stereocenters. The average molecular weight is 317 g/mol. The van der Waals surface area contributed by atoms with E-state index >= 15 is 0 Å². The largest absolute Gasteiger partial charge is 0.478 e. The molecule has 0 saturated carbocycles. The maximum Gasteiger partial charge on any atom is 0.335 e. The van der Waals surface area contributed by atoms with Crippen molar-refractivity contribution in [3.63, 3.8) is 0 Å². The van der Waals surface area contributed by atoms with Crippen molar-refractivity contribution in [3.05, 3.63) is 71.8 Å². The number of aromatic carboxylic acids is 2. The third-order valence-corrected chi connectivity index (χ3v) is 2.02. The minimum atomic E-state index is -1.13. The van der Waals surface area contributed by atoms with E-state index in [1.54, 1.807) is 0 Å². The van der Waals surface area contributed by atoms with E-state index in [-0.39, 0.29) is 35.9 Å². The summed E-state index contributed by atoms with van der Waals surface area (Å²) < 4.78 is 0. The van der Waals surface area contributed by atoms with Gasteiger partial charge in [-0.3, -0.25) is 0 Å². The Labute approximate surface area is 128 Å². The van der Waals surface area contributed by atoms with Gasteiger partial charge in [-0.05, 0) is 18.2 Å². The van der Waals surface area contributed by atoms with Gasteiger partial charge >= 0.3 is 11.9 Å². The highest BCUT2D eigenvalue weighted by molar-refractivity contribution is 5.93. The predicted molar refractivity (Wildman–Crippen MR) is 81.3 cm³/mol. The lowest BCUT2D eigenvalue weighted by molar-refractivity contribution is 0.0696. The molecule has 0 aliphatic heterocycles. The van der Waals surface area contributed by atoms with Crippen molar-refractivity contribution < 1.29 is 19.8 Å². The lowest BCUT2D eigenvalue weighted by Crippen LogP contribution is -2.01. The Morgan fingerprint density at radius 2 is 0.950 bits per heavy atom. The summed E-state index contributed by atoms with van der Waals surface area (Å²) in [4.78, 5) is 20.8. The van der Waals surface area contributed by atoms with Gasteiger partial charge in [-0.1, -0.05) is 42.5 Å². The summed E-state index contributed by atoms with van der Waals surface area (Å²) >= 11 is 0. The van der Waals surface area contributed by atoms with Gasteiger partial charge in [0.05, 0.1) is 11.1 Å². The van der Waals surface area contributed by atoms with E-state index in [0.29, 0.717) is 0 Å². The fourth-order valence-electron chi connectivity index (χ4n) is 1.17. The molecule has 0 fully saturated rings. The van der Waals surface area contributed by atoms with Gasteiger partial charge in [0.25, 0.3) is 0 Å². The molecule has 4 nitrogen and oxygen atoms in total. The number of carboxylic acid groups (broad SMARTS) is 2. The van der Waals surface area contributed by atoms with Crippen LogP contribution in [0.4, 0.5) is 0 Å². The molecule has 2 rings (SSSR count). The molecule has 0 radical (unpaired) electrons. The summed E-state index contributed by atoms with van der Waals surface area (Å²) in [5.74, 6) is -2.25. The molecule has 2 aromatic carbocycles. The fraction of sp³-hybridized carbons (Fsp3) is 0. The standard InChI is InChI=1S/C8H6O4.C6H6.2ClH/c9-7(10)5-2-1-3-6(4-5)8(11)12;1-2-4-6-5-3-1;;/h1-4H,(H,9,10)(H,11,12);1-6H;2*1H. The maximum absolute atomic E-state index is 10.4. The van der Waals surface area contributed by atoms with Crippen LogP contribution in [0.3, 0.4) is 0 Å². The summed E-state index contributed by atoms with van der Waals surface area (Å²) in [6, 6.07) is 17.2. The first-order valence-electron chi connectivity index (χ1n) is 5.18. The third-order valence-electron chi connectivity index (χ3n) is 2.02. The number of carboxylic acids is 2. The van der Waals surface area contributed by atoms with Gasteiger partial charge in [0, 0.05) is 0 Å². The van der Waals surface area contributed by atoms with E-state index in [1.165, 1.54) is 18.2 Å². The molecule has 0 amide bonds. The quantitative estimate of drug-likeness (QED) is 0.887. The molecule has 0 heterocycles. The normalized spacial score (nSPS) is 8.00. The van der Waals surface area contributed by atoms with Gasteiger partial charge < -0.3 is 10.2 Å². The molecule has 2 aromatic rings.